The van der Waals surface area contributed by atoms with Crippen molar-refractivity contribution in [1.29, 1.82) is 0 Å². The maximum atomic E-state index is 11.9. The van der Waals surface area contributed by atoms with Gasteiger partial charge in [0.05, 0.1) is 6.54 Å². The molecule has 0 spiro atoms. The molecule has 0 saturated carbocycles. The SMILES string of the molecule is CCC(C)(OC)C(=O)NCCOc1cccc(N)c1. The summed E-state index contributed by atoms with van der Waals surface area (Å²) in [5.74, 6) is 0.563. The van der Waals surface area contributed by atoms with E-state index >= 15 is 0 Å². The summed E-state index contributed by atoms with van der Waals surface area (Å²) in [6.07, 6.45) is 0.616. The van der Waals surface area contributed by atoms with Gasteiger partial charge in [0.25, 0.3) is 5.91 Å². The van der Waals surface area contributed by atoms with E-state index in [1.807, 2.05) is 19.1 Å². The van der Waals surface area contributed by atoms with E-state index in [4.69, 9.17) is 15.2 Å². The number of nitrogen functional groups attached to an aromatic ring is 1. The zero-order valence-corrected chi connectivity index (χ0v) is 11.7. The number of methoxy groups -OCH3 is 1. The molecular weight excluding hydrogens is 244 g/mol. The first-order chi connectivity index (χ1) is 9.01. The second kappa shape index (κ2) is 6.99. The average Bonchev–Trinajstić information content (AvgIpc) is 2.42. The number of nitrogens with one attached hydrogen (secondary N) is 1. The maximum absolute atomic E-state index is 11.9. The van der Waals surface area contributed by atoms with Crippen LogP contribution in [0, 0.1) is 0 Å². The first kappa shape index (κ1) is 15.3. The minimum Gasteiger partial charge on any atom is -0.492 e. The van der Waals surface area contributed by atoms with Crippen LogP contribution in [-0.2, 0) is 9.53 Å². The number of anilines is 1. The van der Waals surface area contributed by atoms with Crippen LogP contribution in [0.1, 0.15) is 20.3 Å². The molecule has 1 unspecified atom stereocenters. The third kappa shape index (κ3) is 4.44. The summed E-state index contributed by atoms with van der Waals surface area (Å²) in [4.78, 5) is 11.9. The Bertz CT molecular complexity index is 417. The molecule has 3 N–H and O–H groups in total. The molecule has 0 bridgehead atoms. The van der Waals surface area contributed by atoms with E-state index in [9.17, 15) is 4.79 Å². The molecule has 1 aromatic carbocycles. The molecule has 1 atom stereocenters. The fourth-order valence-electron chi connectivity index (χ4n) is 1.52. The molecule has 0 heterocycles. The molecule has 0 aliphatic carbocycles. The van der Waals surface area contributed by atoms with E-state index in [1.165, 1.54) is 7.11 Å². The normalized spacial score (nSPS) is 13.6. The monoisotopic (exact) mass is 266 g/mol. The summed E-state index contributed by atoms with van der Waals surface area (Å²) in [7, 11) is 1.53. The number of rotatable bonds is 7. The van der Waals surface area contributed by atoms with Crippen molar-refractivity contribution in [3.05, 3.63) is 24.3 Å². The number of carbonyl (C=O) groups excluding carboxylic acids is 1. The van der Waals surface area contributed by atoms with Crippen molar-refractivity contribution >= 4 is 11.6 Å². The van der Waals surface area contributed by atoms with Crippen molar-refractivity contribution in [2.75, 3.05) is 26.0 Å². The Morgan fingerprint density at radius 2 is 2.21 bits per heavy atom. The van der Waals surface area contributed by atoms with Crippen molar-refractivity contribution in [2.45, 2.75) is 25.9 Å². The lowest BCUT2D eigenvalue weighted by Gasteiger charge is -2.25. The van der Waals surface area contributed by atoms with E-state index in [-0.39, 0.29) is 5.91 Å². The zero-order valence-electron chi connectivity index (χ0n) is 11.7. The molecule has 5 nitrogen and oxygen atoms in total. The molecule has 0 aromatic heterocycles. The Hall–Kier alpha value is -1.75. The second-order valence-corrected chi connectivity index (χ2v) is 4.47. The van der Waals surface area contributed by atoms with Crippen LogP contribution in [0.2, 0.25) is 0 Å². The van der Waals surface area contributed by atoms with E-state index < -0.39 is 5.60 Å². The number of ether oxygens (including phenoxy) is 2. The van der Waals surface area contributed by atoms with Crippen molar-refractivity contribution in [2.24, 2.45) is 0 Å². The molecule has 0 saturated heterocycles. The molecule has 0 fully saturated rings. The minimum atomic E-state index is -0.781. The highest BCUT2D eigenvalue weighted by Gasteiger charge is 2.30. The number of nitrogens with two attached hydrogens (primary N) is 1. The molecule has 1 amide bonds. The lowest BCUT2D eigenvalue weighted by molar-refractivity contribution is -0.141. The summed E-state index contributed by atoms with van der Waals surface area (Å²) in [5.41, 5.74) is 5.51. The first-order valence-corrected chi connectivity index (χ1v) is 6.33. The topological polar surface area (TPSA) is 73.6 Å². The molecule has 0 radical (unpaired) electrons. The van der Waals surface area contributed by atoms with Gasteiger partial charge in [0.2, 0.25) is 0 Å². The smallest absolute Gasteiger partial charge is 0.252 e. The molecule has 19 heavy (non-hydrogen) atoms. The van der Waals surface area contributed by atoms with E-state index in [2.05, 4.69) is 5.32 Å². The molecule has 1 aromatic rings. The Morgan fingerprint density at radius 3 is 2.79 bits per heavy atom. The molecule has 5 heteroatoms. The highest BCUT2D eigenvalue weighted by atomic mass is 16.5. The van der Waals surface area contributed by atoms with Gasteiger partial charge in [0, 0.05) is 18.9 Å². The number of amides is 1. The number of benzene rings is 1. The van der Waals surface area contributed by atoms with Crippen LogP contribution in [0.15, 0.2) is 24.3 Å². The summed E-state index contributed by atoms with van der Waals surface area (Å²) in [6.45, 7) is 4.48. The molecule has 1 rings (SSSR count). The van der Waals surface area contributed by atoms with Gasteiger partial charge >= 0.3 is 0 Å². The molecule has 0 aliphatic rings. The Labute approximate surface area is 114 Å². The fourth-order valence-corrected chi connectivity index (χ4v) is 1.52. The van der Waals surface area contributed by atoms with Gasteiger partial charge in [0.15, 0.2) is 0 Å². The summed E-state index contributed by atoms with van der Waals surface area (Å²) in [5, 5.41) is 2.79. The van der Waals surface area contributed by atoms with Gasteiger partial charge in [-0.15, -0.1) is 0 Å². The van der Waals surface area contributed by atoms with Crippen LogP contribution in [0.5, 0.6) is 5.75 Å². The predicted molar refractivity (Wildman–Crippen MR) is 75.1 cm³/mol. The van der Waals surface area contributed by atoms with Crippen molar-refractivity contribution in [1.82, 2.24) is 5.32 Å². The van der Waals surface area contributed by atoms with Crippen LogP contribution in [-0.4, -0.2) is 31.8 Å². The van der Waals surface area contributed by atoms with Gasteiger partial charge in [-0.2, -0.15) is 0 Å². The van der Waals surface area contributed by atoms with Crippen LogP contribution in [0.3, 0.4) is 0 Å². The minimum absolute atomic E-state index is 0.131. The summed E-state index contributed by atoms with van der Waals surface area (Å²) in [6, 6.07) is 7.18. The molecular formula is C14H22N2O3. The van der Waals surface area contributed by atoms with Gasteiger partial charge in [-0.1, -0.05) is 13.0 Å². The lowest BCUT2D eigenvalue weighted by Crippen LogP contribution is -2.46. The van der Waals surface area contributed by atoms with Gasteiger partial charge in [-0.05, 0) is 25.5 Å². The third-order valence-electron chi connectivity index (χ3n) is 3.12. The fraction of sp³-hybridized carbons (Fsp3) is 0.500. The number of hydrogen-bond donors (Lipinski definition) is 2. The second-order valence-electron chi connectivity index (χ2n) is 4.47. The standard InChI is InChI=1S/C14H22N2O3/c1-4-14(2,18-3)13(17)16-8-9-19-12-7-5-6-11(15)10-12/h5-7,10H,4,8-9,15H2,1-3H3,(H,16,17). The Morgan fingerprint density at radius 1 is 1.47 bits per heavy atom. The first-order valence-electron chi connectivity index (χ1n) is 6.33. The van der Waals surface area contributed by atoms with Crippen LogP contribution >= 0.6 is 0 Å². The number of carbonyl (C=O) groups is 1. The zero-order chi connectivity index (χ0) is 14.3. The van der Waals surface area contributed by atoms with Crippen LogP contribution in [0.25, 0.3) is 0 Å². The van der Waals surface area contributed by atoms with Crippen molar-refractivity contribution in [3.8, 4) is 5.75 Å². The van der Waals surface area contributed by atoms with E-state index in [1.54, 1.807) is 19.1 Å². The van der Waals surface area contributed by atoms with Gasteiger partial charge < -0.3 is 20.5 Å². The summed E-state index contributed by atoms with van der Waals surface area (Å²) >= 11 is 0. The van der Waals surface area contributed by atoms with E-state index in [0.29, 0.717) is 31.0 Å². The van der Waals surface area contributed by atoms with Gasteiger partial charge in [-0.25, -0.2) is 0 Å². The van der Waals surface area contributed by atoms with Gasteiger partial charge in [0.1, 0.15) is 18.0 Å². The van der Waals surface area contributed by atoms with Crippen LogP contribution < -0.4 is 15.8 Å². The third-order valence-corrected chi connectivity index (χ3v) is 3.12. The van der Waals surface area contributed by atoms with Gasteiger partial charge in [-0.3, -0.25) is 4.79 Å². The predicted octanol–water partition coefficient (Wildman–Crippen LogP) is 1.58. The van der Waals surface area contributed by atoms with Crippen molar-refractivity contribution in [3.63, 3.8) is 0 Å². The average molecular weight is 266 g/mol. The summed E-state index contributed by atoms with van der Waals surface area (Å²) < 4.78 is 10.7. The van der Waals surface area contributed by atoms with Crippen molar-refractivity contribution < 1.29 is 14.3 Å². The Balaban J connectivity index is 2.33. The Kier molecular flexibility index (Phi) is 5.63. The molecule has 106 valence electrons. The maximum Gasteiger partial charge on any atom is 0.252 e. The molecule has 0 aliphatic heterocycles. The van der Waals surface area contributed by atoms with Crippen LogP contribution in [0.4, 0.5) is 5.69 Å². The largest absolute Gasteiger partial charge is 0.492 e. The van der Waals surface area contributed by atoms with E-state index in [0.717, 1.165) is 0 Å². The lowest BCUT2D eigenvalue weighted by atomic mass is 10.0. The quantitative estimate of drug-likeness (QED) is 0.580. The number of hydrogen-bond acceptors (Lipinski definition) is 4. The highest BCUT2D eigenvalue weighted by molar-refractivity contribution is 5.84. The highest BCUT2D eigenvalue weighted by Crippen LogP contribution is 2.15.